The lowest BCUT2D eigenvalue weighted by atomic mass is 10.0. The highest BCUT2D eigenvalue weighted by Gasteiger charge is 2.05. The lowest BCUT2D eigenvalue weighted by Gasteiger charge is -2.03. The van der Waals surface area contributed by atoms with Gasteiger partial charge in [-0.3, -0.25) is 9.59 Å². The van der Waals surface area contributed by atoms with E-state index in [-0.39, 0.29) is 11.6 Å². The van der Waals surface area contributed by atoms with Gasteiger partial charge in [-0.15, -0.1) is 0 Å². The fourth-order valence-electron chi connectivity index (χ4n) is 2.10. The second-order valence-electron chi connectivity index (χ2n) is 4.95. The normalized spacial score (nSPS) is 10.2. The maximum atomic E-state index is 11.9. The van der Waals surface area contributed by atoms with E-state index in [1.54, 1.807) is 6.92 Å². The molecule has 0 aliphatic carbocycles. The highest BCUT2D eigenvalue weighted by atomic mass is 16.1. The van der Waals surface area contributed by atoms with Gasteiger partial charge in [-0.05, 0) is 24.5 Å². The molecular formula is C18H18O2. The first-order chi connectivity index (χ1) is 9.65. The molecule has 0 radical (unpaired) electrons. The zero-order valence-electron chi connectivity index (χ0n) is 11.6. The van der Waals surface area contributed by atoms with E-state index in [9.17, 15) is 9.59 Å². The van der Waals surface area contributed by atoms with Crippen molar-refractivity contribution in [2.24, 2.45) is 0 Å². The van der Waals surface area contributed by atoms with Gasteiger partial charge in [-0.2, -0.15) is 0 Å². The second kappa shape index (κ2) is 6.80. The summed E-state index contributed by atoms with van der Waals surface area (Å²) in [7, 11) is 0. The molecule has 0 spiro atoms. The SMILES string of the molecule is CC(=O)c1ccc(CCC(=O)Cc2ccccc2)cc1. The standard InChI is InChI=1S/C18H18O2/c1-14(19)17-10-7-15(8-11-17)9-12-18(20)13-16-5-3-2-4-6-16/h2-8,10-11H,9,12-13H2,1H3. The van der Waals surface area contributed by atoms with Gasteiger partial charge in [-0.25, -0.2) is 0 Å². The van der Waals surface area contributed by atoms with Crippen LogP contribution >= 0.6 is 0 Å². The number of Topliss-reactive ketones (excluding diaryl/α,β-unsaturated/α-hetero) is 2. The van der Waals surface area contributed by atoms with Crippen molar-refractivity contribution in [2.75, 3.05) is 0 Å². The maximum absolute atomic E-state index is 11.9. The molecule has 0 atom stereocenters. The van der Waals surface area contributed by atoms with Gasteiger partial charge >= 0.3 is 0 Å². The Hall–Kier alpha value is -2.22. The maximum Gasteiger partial charge on any atom is 0.159 e. The average molecular weight is 266 g/mol. The van der Waals surface area contributed by atoms with Crippen molar-refractivity contribution < 1.29 is 9.59 Å². The van der Waals surface area contributed by atoms with Crippen LogP contribution in [0.3, 0.4) is 0 Å². The van der Waals surface area contributed by atoms with Crippen molar-refractivity contribution >= 4 is 11.6 Å². The van der Waals surface area contributed by atoms with Crippen LogP contribution in [-0.2, 0) is 17.6 Å². The minimum atomic E-state index is 0.0664. The van der Waals surface area contributed by atoms with E-state index < -0.39 is 0 Å². The molecule has 0 heterocycles. The Morgan fingerprint density at radius 3 is 2.10 bits per heavy atom. The lowest BCUT2D eigenvalue weighted by Crippen LogP contribution is -2.04. The smallest absolute Gasteiger partial charge is 0.159 e. The Bertz CT molecular complexity index is 583. The number of rotatable bonds is 6. The van der Waals surface area contributed by atoms with Crippen molar-refractivity contribution in [1.29, 1.82) is 0 Å². The van der Waals surface area contributed by atoms with Crippen molar-refractivity contribution in [3.63, 3.8) is 0 Å². The van der Waals surface area contributed by atoms with Crippen molar-refractivity contribution in [3.05, 3.63) is 71.3 Å². The molecule has 2 aromatic rings. The Morgan fingerprint density at radius 1 is 0.850 bits per heavy atom. The Labute approximate surface area is 119 Å². The predicted octanol–water partition coefficient (Wildman–Crippen LogP) is 3.63. The molecule has 0 aliphatic heterocycles. The van der Waals surface area contributed by atoms with E-state index in [4.69, 9.17) is 0 Å². The third-order valence-corrected chi connectivity index (χ3v) is 3.30. The van der Waals surface area contributed by atoms with Gasteiger partial charge in [0.15, 0.2) is 5.78 Å². The monoisotopic (exact) mass is 266 g/mol. The molecule has 2 aromatic carbocycles. The number of carbonyl (C=O) groups is 2. The Morgan fingerprint density at radius 2 is 1.50 bits per heavy atom. The minimum absolute atomic E-state index is 0.0664. The van der Waals surface area contributed by atoms with Crippen LogP contribution in [0.25, 0.3) is 0 Å². The van der Waals surface area contributed by atoms with Gasteiger partial charge in [0, 0.05) is 18.4 Å². The van der Waals surface area contributed by atoms with Crippen molar-refractivity contribution in [3.8, 4) is 0 Å². The summed E-state index contributed by atoms with van der Waals surface area (Å²) in [5.74, 6) is 0.309. The predicted molar refractivity (Wildman–Crippen MR) is 79.9 cm³/mol. The van der Waals surface area contributed by atoms with Crippen LogP contribution in [0, 0.1) is 0 Å². The van der Waals surface area contributed by atoms with E-state index in [0.29, 0.717) is 18.4 Å². The van der Waals surface area contributed by atoms with Crippen molar-refractivity contribution in [2.45, 2.75) is 26.2 Å². The highest BCUT2D eigenvalue weighted by molar-refractivity contribution is 5.94. The van der Waals surface area contributed by atoms with E-state index in [2.05, 4.69) is 0 Å². The van der Waals surface area contributed by atoms with E-state index in [0.717, 1.165) is 17.5 Å². The lowest BCUT2D eigenvalue weighted by molar-refractivity contribution is -0.118. The summed E-state index contributed by atoms with van der Waals surface area (Å²) in [4.78, 5) is 23.1. The molecule has 0 N–H and O–H groups in total. The zero-order valence-corrected chi connectivity index (χ0v) is 11.6. The Kier molecular flexibility index (Phi) is 4.83. The van der Waals surface area contributed by atoms with E-state index in [1.807, 2.05) is 54.6 Å². The van der Waals surface area contributed by atoms with Gasteiger partial charge in [0.2, 0.25) is 0 Å². The summed E-state index contributed by atoms with van der Waals surface area (Å²) in [5.41, 5.74) is 2.87. The molecule has 102 valence electrons. The fourth-order valence-corrected chi connectivity index (χ4v) is 2.10. The summed E-state index contributed by atoms with van der Waals surface area (Å²) in [6.07, 6.45) is 1.75. The van der Waals surface area contributed by atoms with Crippen LogP contribution in [0.15, 0.2) is 54.6 Å². The molecule has 0 fully saturated rings. The Balaban J connectivity index is 1.85. The molecule has 20 heavy (non-hydrogen) atoms. The molecule has 0 saturated carbocycles. The number of aryl methyl sites for hydroxylation is 1. The number of hydrogen-bond acceptors (Lipinski definition) is 2. The van der Waals surface area contributed by atoms with Crippen LogP contribution in [0.2, 0.25) is 0 Å². The summed E-state index contributed by atoms with van der Waals surface area (Å²) in [6.45, 7) is 1.55. The first-order valence-electron chi connectivity index (χ1n) is 6.80. The minimum Gasteiger partial charge on any atom is -0.299 e. The van der Waals surface area contributed by atoms with Gasteiger partial charge in [-0.1, -0.05) is 54.6 Å². The van der Waals surface area contributed by atoms with Crippen LogP contribution in [-0.4, -0.2) is 11.6 Å². The third-order valence-electron chi connectivity index (χ3n) is 3.30. The molecule has 0 bridgehead atoms. The fraction of sp³-hybridized carbons (Fsp3) is 0.222. The molecule has 0 aromatic heterocycles. The summed E-state index contributed by atoms with van der Waals surface area (Å²) in [6, 6.07) is 17.3. The molecule has 2 heteroatoms. The van der Waals surface area contributed by atoms with Gasteiger partial charge < -0.3 is 0 Å². The molecule has 0 saturated heterocycles. The van der Waals surface area contributed by atoms with Crippen molar-refractivity contribution in [1.82, 2.24) is 0 Å². The van der Waals surface area contributed by atoms with Gasteiger partial charge in [0.25, 0.3) is 0 Å². The number of carbonyl (C=O) groups excluding carboxylic acids is 2. The molecule has 0 unspecified atom stereocenters. The van der Waals surface area contributed by atoms with Gasteiger partial charge in [0.05, 0.1) is 0 Å². The van der Waals surface area contributed by atoms with E-state index >= 15 is 0 Å². The topological polar surface area (TPSA) is 34.1 Å². The molecular weight excluding hydrogens is 248 g/mol. The first-order valence-corrected chi connectivity index (χ1v) is 6.80. The quantitative estimate of drug-likeness (QED) is 0.748. The van der Waals surface area contributed by atoms with Crippen LogP contribution in [0.1, 0.15) is 34.8 Å². The number of ketones is 2. The number of hydrogen-bond donors (Lipinski definition) is 0. The van der Waals surface area contributed by atoms with Crippen LogP contribution in [0.4, 0.5) is 0 Å². The van der Waals surface area contributed by atoms with E-state index in [1.165, 1.54) is 0 Å². The summed E-state index contributed by atoms with van der Waals surface area (Å²) >= 11 is 0. The summed E-state index contributed by atoms with van der Waals surface area (Å²) in [5, 5.41) is 0. The van der Waals surface area contributed by atoms with Gasteiger partial charge in [0.1, 0.15) is 5.78 Å². The highest BCUT2D eigenvalue weighted by Crippen LogP contribution is 2.09. The van der Waals surface area contributed by atoms with Crippen LogP contribution in [0.5, 0.6) is 0 Å². The molecule has 0 aliphatic rings. The first kappa shape index (κ1) is 14.2. The molecule has 0 amide bonds. The molecule has 2 rings (SSSR count). The average Bonchev–Trinajstić information content (AvgIpc) is 2.46. The summed E-state index contributed by atoms with van der Waals surface area (Å²) < 4.78 is 0. The zero-order chi connectivity index (χ0) is 14.4. The number of benzene rings is 2. The largest absolute Gasteiger partial charge is 0.299 e. The second-order valence-corrected chi connectivity index (χ2v) is 4.95. The third kappa shape index (κ3) is 4.16. The molecule has 2 nitrogen and oxygen atoms in total. The van der Waals surface area contributed by atoms with Crippen LogP contribution < -0.4 is 0 Å².